The minimum Gasteiger partial charge on any atom is -0.368 e. The number of nitrogens with one attached hydrogen (secondary N) is 1. The summed E-state index contributed by atoms with van der Waals surface area (Å²) in [6.07, 6.45) is 2.84. The summed E-state index contributed by atoms with van der Waals surface area (Å²) in [7, 11) is 3.86. The van der Waals surface area contributed by atoms with Crippen molar-refractivity contribution in [2.24, 2.45) is 11.7 Å². The normalized spacial score (nSPS) is 12.2. The molecule has 0 bridgehead atoms. The van der Waals surface area contributed by atoms with Crippen molar-refractivity contribution >= 4 is 17.8 Å². The van der Waals surface area contributed by atoms with Crippen molar-refractivity contribution in [1.82, 2.24) is 5.43 Å². The van der Waals surface area contributed by atoms with Gasteiger partial charge in [-0.2, -0.15) is 0 Å². The first-order chi connectivity index (χ1) is 12.9. The molecule has 2 aromatic rings. The van der Waals surface area contributed by atoms with Gasteiger partial charge in [0.05, 0.1) is 11.4 Å². The second-order valence-corrected chi connectivity index (χ2v) is 6.78. The lowest BCUT2D eigenvalue weighted by Crippen LogP contribution is -2.29. The Labute approximate surface area is 167 Å². The first kappa shape index (κ1) is 23.4. The molecule has 1 aliphatic carbocycles. The van der Waals surface area contributed by atoms with Crippen LogP contribution in [0.2, 0.25) is 0 Å². The summed E-state index contributed by atoms with van der Waals surface area (Å²) < 4.78 is 14.2. The van der Waals surface area contributed by atoms with Gasteiger partial charge in [0.2, 0.25) is 6.41 Å². The van der Waals surface area contributed by atoms with Gasteiger partial charge < -0.3 is 9.91 Å². The van der Waals surface area contributed by atoms with Crippen LogP contribution < -0.4 is 27.0 Å². The van der Waals surface area contributed by atoms with Gasteiger partial charge in [-0.05, 0) is 48.9 Å². The molecule has 6 nitrogen and oxygen atoms in total. The number of nitrogens with two attached hydrogens (primary N) is 2. The highest BCUT2D eigenvalue weighted by atomic mass is 19.1. The predicted octanol–water partition coefficient (Wildman–Crippen LogP) is 3.20. The Morgan fingerprint density at radius 2 is 1.82 bits per heavy atom. The van der Waals surface area contributed by atoms with Gasteiger partial charge >= 0.3 is 0 Å². The van der Waals surface area contributed by atoms with Crippen LogP contribution in [0, 0.1) is 12.7 Å². The molecule has 0 heterocycles. The van der Waals surface area contributed by atoms with Crippen LogP contribution in [-0.2, 0) is 11.3 Å². The predicted molar refractivity (Wildman–Crippen MR) is 114 cm³/mol. The lowest BCUT2D eigenvalue weighted by atomic mass is 10.0. The van der Waals surface area contributed by atoms with Crippen molar-refractivity contribution in [3.05, 3.63) is 58.9 Å². The molecule has 0 aromatic heterocycles. The number of rotatable bonds is 6. The molecule has 0 atom stereocenters. The zero-order valence-corrected chi connectivity index (χ0v) is 16.1. The van der Waals surface area contributed by atoms with Crippen molar-refractivity contribution in [1.29, 1.82) is 0 Å². The highest BCUT2D eigenvalue weighted by molar-refractivity contribution is 5.75. The number of carbonyl (C=O) groups is 1. The largest absolute Gasteiger partial charge is 0.368 e. The molecule has 1 fully saturated rings. The third-order valence-corrected chi connectivity index (χ3v) is 4.64. The molecule has 0 radical (unpaired) electrons. The van der Waals surface area contributed by atoms with Crippen LogP contribution in [0.4, 0.5) is 15.8 Å². The Morgan fingerprint density at radius 3 is 2.32 bits per heavy atom. The van der Waals surface area contributed by atoms with Crippen LogP contribution in [0.15, 0.2) is 36.4 Å². The van der Waals surface area contributed by atoms with E-state index >= 15 is 0 Å². The number of para-hydroxylation sites is 1. The van der Waals surface area contributed by atoms with Gasteiger partial charge in [0.25, 0.3) is 0 Å². The quantitative estimate of drug-likeness (QED) is 0.306. The maximum Gasteiger partial charge on any atom is 0.221 e. The van der Waals surface area contributed by atoms with Gasteiger partial charge in [0.1, 0.15) is 5.82 Å². The molecule has 1 saturated carbocycles. The first-order valence-corrected chi connectivity index (χ1v) is 8.86. The van der Waals surface area contributed by atoms with E-state index in [1.165, 1.54) is 24.5 Å². The van der Waals surface area contributed by atoms with Crippen LogP contribution >= 0.6 is 0 Å². The molecule has 0 aliphatic heterocycles. The van der Waals surface area contributed by atoms with Gasteiger partial charge in [-0.1, -0.05) is 31.7 Å². The monoisotopic (exact) mass is 389 g/mol. The molecule has 0 spiro atoms. The molecule has 28 heavy (non-hydrogen) atoms. The van der Waals surface area contributed by atoms with E-state index in [9.17, 15) is 4.39 Å². The van der Waals surface area contributed by atoms with Crippen LogP contribution in [0.5, 0.6) is 0 Å². The summed E-state index contributed by atoms with van der Waals surface area (Å²) in [4.78, 5) is 11.1. The summed E-state index contributed by atoms with van der Waals surface area (Å²) in [5.41, 5.74) is 6.87. The van der Waals surface area contributed by atoms with Crippen molar-refractivity contribution in [3.8, 4) is 0 Å². The second-order valence-electron chi connectivity index (χ2n) is 6.78. The topological polar surface area (TPSA) is 87.6 Å². The molecule has 154 valence electrons. The molecule has 5 N–H and O–H groups in total. The maximum absolute atomic E-state index is 14.2. The van der Waals surface area contributed by atoms with Gasteiger partial charge in [-0.25, -0.2) is 16.1 Å². The standard InChI is InChI=1S/C19H24FN3.CH4N2O.CH4/c1-13-6-4-8-17(20)16(13)12-22(2)19-15(14-10-11-14)7-5-9-18(19)23(3)21;2-3-1-4;/h4-9,14H,10-12,21H2,1-3H3;1H,2H2,(H,3,4);1H4. The number of hydrogen-bond donors (Lipinski definition) is 3. The van der Waals surface area contributed by atoms with Gasteiger partial charge in [-0.3, -0.25) is 10.2 Å². The molecule has 2 aromatic carbocycles. The highest BCUT2D eigenvalue weighted by Crippen LogP contribution is 2.47. The fraction of sp³-hybridized carbons (Fsp3) is 0.381. The van der Waals surface area contributed by atoms with E-state index in [0.29, 0.717) is 18.9 Å². The Bertz CT molecular complexity index is 737. The molecule has 0 unspecified atom stereocenters. The molecule has 1 aliphatic rings. The number of hydrogen-bond acceptors (Lipinski definition) is 5. The van der Waals surface area contributed by atoms with E-state index in [1.807, 2.05) is 33.2 Å². The van der Waals surface area contributed by atoms with E-state index in [1.54, 1.807) is 16.5 Å². The number of hydrazine groups is 2. The van der Waals surface area contributed by atoms with Crippen LogP contribution in [0.1, 0.15) is 42.9 Å². The highest BCUT2D eigenvalue weighted by Gasteiger charge is 2.29. The fourth-order valence-electron chi connectivity index (χ4n) is 3.16. The Morgan fingerprint density at radius 1 is 1.21 bits per heavy atom. The molecular formula is C21H32FN5O. The summed E-state index contributed by atoms with van der Waals surface area (Å²) in [5.74, 6) is 10.9. The van der Waals surface area contributed by atoms with Crippen LogP contribution in [0.25, 0.3) is 0 Å². The average molecular weight is 390 g/mol. The number of aryl methyl sites for hydroxylation is 1. The van der Waals surface area contributed by atoms with Gasteiger partial charge in [0.15, 0.2) is 0 Å². The van der Waals surface area contributed by atoms with Crippen LogP contribution in [-0.4, -0.2) is 20.5 Å². The number of benzene rings is 2. The fourth-order valence-corrected chi connectivity index (χ4v) is 3.16. The Kier molecular flexibility index (Phi) is 8.88. The second kappa shape index (κ2) is 10.6. The summed E-state index contributed by atoms with van der Waals surface area (Å²) in [5, 5.41) is 1.64. The summed E-state index contributed by atoms with van der Waals surface area (Å²) >= 11 is 0. The van der Waals surface area contributed by atoms with Crippen molar-refractivity contribution in [3.63, 3.8) is 0 Å². The zero-order chi connectivity index (χ0) is 20.0. The zero-order valence-electron chi connectivity index (χ0n) is 16.1. The van der Waals surface area contributed by atoms with E-state index in [2.05, 4.69) is 22.9 Å². The molecule has 0 saturated heterocycles. The van der Waals surface area contributed by atoms with E-state index in [-0.39, 0.29) is 13.2 Å². The molecule has 3 rings (SSSR count). The Hall–Kier alpha value is -2.64. The summed E-state index contributed by atoms with van der Waals surface area (Å²) in [6.45, 7) is 2.48. The lowest BCUT2D eigenvalue weighted by Gasteiger charge is -2.29. The average Bonchev–Trinajstić information content (AvgIpc) is 3.49. The van der Waals surface area contributed by atoms with Gasteiger partial charge in [0, 0.05) is 26.2 Å². The van der Waals surface area contributed by atoms with Crippen LogP contribution in [0.3, 0.4) is 0 Å². The molecule has 1 amide bonds. The minimum absolute atomic E-state index is 0. The lowest BCUT2D eigenvalue weighted by molar-refractivity contribution is -0.109. The van der Waals surface area contributed by atoms with E-state index in [0.717, 1.165) is 22.5 Å². The minimum atomic E-state index is -0.150. The number of carbonyl (C=O) groups excluding carboxylic acids is 1. The van der Waals surface area contributed by atoms with Crippen molar-refractivity contribution in [2.45, 2.75) is 39.7 Å². The smallest absolute Gasteiger partial charge is 0.221 e. The number of nitrogens with zero attached hydrogens (tertiary/aromatic N) is 2. The molecule has 7 heteroatoms. The number of amides is 1. The number of anilines is 2. The third-order valence-electron chi connectivity index (χ3n) is 4.64. The maximum atomic E-state index is 14.2. The van der Waals surface area contributed by atoms with E-state index < -0.39 is 0 Å². The third kappa shape index (κ3) is 5.68. The number of halogens is 1. The van der Waals surface area contributed by atoms with E-state index in [4.69, 9.17) is 10.6 Å². The van der Waals surface area contributed by atoms with Crippen molar-refractivity contribution < 1.29 is 9.18 Å². The molecular weight excluding hydrogens is 357 g/mol. The first-order valence-electron chi connectivity index (χ1n) is 8.86. The Balaban J connectivity index is 0.000000717. The van der Waals surface area contributed by atoms with Crippen molar-refractivity contribution in [2.75, 3.05) is 24.0 Å². The van der Waals surface area contributed by atoms with Gasteiger partial charge in [-0.15, -0.1) is 0 Å². The SMILES string of the molecule is C.Cc1cccc(F)c1CN(C)c1c(C2CC2)cccc1N(C)N.NNC=O. The summed E-state index contributed by atoms with van der Waals surface area (Å²) in [6, 6.07) is 11.5.